The molecule has 0 saturated carbocycles. The van der Waals surface area contributed by atoms with E-state index in [0.717, 1.165) is 11.3 Å². The molecule has 0 fully saturated rings. The molecule has 7 heteroatoms. The van der Waals surface area contributed by atoms with Gasteiger partial charge >= 0.3 is 0 Å². The molecule has 4 N–H and O–H groups in total. The summed E-state index contributed by atoms with van der Waals surface area (Å²) in [5, 5.41) is 16.0. The highest BCUT2D eigenvalue weighted by atomic mass is 32.1. The fourth-order valence-corrected chi connectivity index (χ4v) is 1.31. The molecule has 1 aromatic rings. The van der Waals surface area contributed by atoms with Crippen LogP contribution in [0.1, 0.15) is 12.5 Å². The molecule has 0 unspecified atom stereocenters. The summed E-state index contributed by atoms with van der Waals surface area (Å²) in [6.45, 7) is 1.62. The maximum atomic E-state index is 8.82. The van der Waals surface area contributed by atoms with Crippen molar-refractivity contribution in [2.24, 2.45) is 16.0 Å². The average molecular weight is 266 g/mol. The Morgan fingerprint density at radius 2 is 2.00 bits per heavy atom. The van der Waals surface area contributed by atoms with Gasteiger partial charge in [-0.25, -0.2) is 0 Å². The van der Waals surface area contributed by atoms with Gasteiger partial charge in [-0.05, 0) is 43.4 Å². The minimum Gasteiger partial charge on any atom is -0.497 e. The molecule has 0 atom stereocenters. The Morgan fingerprint density at radius 3 is 2.44 bits per heavy atom. The Labute approximate surface area is 110 Å². The third kappa shape index (κ3) is 3.70. The molecule has 1 aromatic carbocycles. The van der Waals surface area contributed by atoms with Crippen molar-refractivity contribution in [3.8, 4) is 5.75 Å². The van der Waals surface area contributed by atoms with Crippen LogP contribution in [0.15, 0.2) is 34.5 Å². The van der Waals surface area contributed by atoms with Crippen LogP contribution >= 0.6 is 12.2 Å². The van der Waals surface area contributed by atoms with E-state index in [2.05, 4.69) is 27.9 Å². The van der Waals surface area contributed by atoms with Crippen LogP contribution in [0.25, 0.3) is 0 Å². The lowest BCUT2D eigenvalue weighted by atomic mass is 10.1. The van der Waals surface area contributed by atoms with Crippen LogP contribution in [-0.4, -0.2) is 28.9 Å². The number of hydrogen-bond acceptors (Lipinski definition) is 5. The first-order chi connectivity index (χ1) is 8.58. The summed E-state index contributed by atoms with van der Waals surface area (Å²) in [5.74, 6) is 0.721. The zero-order chi connectivity index (χ0) is 13.5. The fraction of sp³-hybridized carbons (Fsp3) is 0.182. The molecule has 0 saturated heterocycles. The summed E-state index contributed by atoms with van der Waals surface area (Å²) in [6.07, 6.45) is 0. The first-order valence-electron chi connectivity index (χ1n) is 5.05. The standard InChI is InChI=1S/C11H14N4O2S/c1-7(15-16)10(13-14-11(12)18)8-3-5-9(17-2)6-4-8/h3-6,16H,1-2H3,(H3,12,14,18). The lowest BCUT2D eigenvalue weighted by Crippen LogP contribution is -2.27. The van der Waals surface area contributed by atoms with Crippen molar-refractivity contribution in [1.29, 1.82) is 0 Å². The van der Waals surface area contributed by atoms with Crippen molar-refractivity contribution in [3.63, 3.8) is 0 Å². The van der Waals surface area contributed by atoms with E-state index >= 15 is 0 Å². The number of thiocarbonyl (C=S) groups is 1. The van der Waals surface area contributed by atoms with Gasteiger partial charge < -0.3 is 15.7 Å². The van der Waals surface area contributed by atoms with Crippen molar-refractivity contribution in [2.75, 3.05) is 7.11 Å². The topological polar surface area (TPSA) is 92.2 Å². The molecule has 0 spiro atoms. The van der Waals surface area contributed by atoms with Crippen LogP contribution in [0.2, 0.25) is 0 Å². The molecule has 0 aliphatic rings. The monoisotopic (exact) mass is 266 g/mol. The van der Waals surface area contributed by atoms with E-state index < -0.39 is 0 Å². The number of rotatable bonds is 4. The van der Waals surface area contributed by atoms with Crippen molar-refractivity contribution in [2.45, 2.75) is 6.92 Å². The smallest absolute Gasteiger partial charge is 0.184 e. The van der Waals surface area contributed by atoms with Crippen molar-refractivity contribution in [3.05, 3.63) is 29.8 Å². The summed E-state index contributed by atoms with van der Waals surface area (Å²) in [6, 6.07) is 7.12. The van der Waals surface area contributed by atoms with Gasteiger partial charge in [0, 0.05) is 5.56 Å². The molecule has 0 heterocycles. The van der Waals surface area contributed by atoms with Gasteiger partial charge in [-0.1, -0.05) is 5.16 Å². The molecule has 0 radical (unpaired) electrons. The lowest BCUT2D eigenvalue weighted by Gasteiger charge is -2.07. The average Bonchev–Trinajstić information content (AvgIpc) is 2.39. The first kappa shape index (κ1) is 13.9. The Hall–Kier alpha value is -2.15. The van der Waals surface area contributed by atoms with Crippen LogP contribution in [0, 0.1) is 0 Å². The van der Waals surface area contributed by atoms with Crippen molar-refractivity contribution >= 4 is 28.8 Å². The number of methoxy groups -OCH3 is 1. The van der Waals surface area contributed by atoms with Crippen molar-refractivity contribution in [1.82, 2.24) is 5.43 Å². The highest BCUT2D eigenvalue weighted by Gasteiger charge is 2.08. The third-order valence-corrected chi connectivity index (χ3v) is 2.23. The maximum absolute atomic E-state index is 8.82. The van der Waals surface area contributed by atoms with Gasteiger partial charge in [0.15, 0.2) is 5.11 Å². The second kappa shape index (κ2) is 6.55. The number of hydrazone groups is 1. The summed E-state index contributed by atoms with van der Waals surface area (Å²) in [7, 11) is 1.58. The van der Waals surface area contributed by atoms with E-state index in [1.165, 1.54) is 0 Å². The molecular weight excluding hydrogens is 252 g/mol. The predicted octanol–water partition coefficient (Wildman–Crippen LogP) is 1.08. The minimum atomic E-state index is 0.0340. The molecule has 96 valence electrons. The van der Waals surface area contributed by atoms with Gasteiger partial charge in [0.25, 0.3) is 0 Å². The van der Waals surface area contributed by atoms with Crippen LogP contribution < -0.4 is 15.9 Å². The predicted molar refractivity (Wildman–Crippen MR) is 74.3 cm³/mol. The Morgan fingerprint density at radius 1 is 1.39 bits per heavy atom. The van der Waals surface area contributed by atoms with E-state index in [1.54, 1.807) is 38.3 Å². The molecule has 0 aliphatic carbocycles. The molecular formula is C11H14N4O2S. The fourth-order valence-electron chi connectivity index (χ4n) is 1.26. The summed E-state index contributed by atoms with van der Waals surface area (Å²) >= 11 is 4.66. The van der Waals surface area contributed by atoms with E-state index in [1.807, 2.05) is 0 Å². The van der Waals surface area contributed by atoms with E-state index in [9.17, 15) is 0 Å². The number of benzene rings is 1. The molecule has 0 aliphatic heterocycles. The highest BCUT2D eigenvalue weighted by Crippen LogP contribution is 2.12. The van der Waals surface area contributed by atoms with Gasteiger partial charge in [0.2, 0.25) is 0 Å². The third-order valence-electron chi connectivity index (χ3n) is 2.13. The molecule has 6 nitrogen and oxygen atoms in total. The van der Waals surface area contributed by atoms with Crippen LogP contribution in [0.5, 0.6) is 5.75 Å². The van der Waals surface area contributed by atoms with Crippen molar-refractivity contribution < 1.29 is 9.94 Å². The quantitative estimate of drug-likeness (QED) is 0.328. The maximum Gasteiger partial charge on any atom is 0.184 e. The second-order valence-electron chi connectivity index (χ2n) is 3.35. The second-order valence-corrected chi connectivity index (χ2v) is 3.79. The SMILES string of the molecule is COc1ccc(C(=NNC(N)=S)C(C)=NO)cc1. The minimum absolute atomic E-state index is 0.0340. The number of hydrogen-bond donors (Lipinski definition) is 3. The van der Waals surface area contributed by atoms with E-state index in [0.29, 0.717) is 11.4 Å². The van der Waals surface area contributed by atoms with Gasteiger partial charge in [0.05, 0.1) is 7.11 Å². The number of nitrogens with zero attached hydrogens (tertiary/aromatic N) is 2. The van der Waals surface area contributed by atoms with Gasteiger partial charge in [0.1, 0.15) is 17.2 Å². The molecule has 0 bridgehead atoms. The zero-order valence-corrected chi connectivity index (χ0v) is 10.9. The number of nitrogens with one attached hydrogen (secondary N) is 1. The number of ether oxygens (including phenoxy) is 1. The number of oxime groups is 1. The molecule has 0 aromatic heterocycles. The number of nitrogens with two attached hydrogens (primary N) is 1. The van der Waals surface area contributed by atoms with Gasteiger partial charge in [-0.3, -0.25) is 5.43 Å². The van der Waals surface area contributed by atoms with Crippen LogP contribution in [0.3, 0.4) is 0 Å². The Balaban J connectivity index is 3.09. The first-order valence-corrected chi connectivity index (χ1v) is 5.46. The van der Waals surface area contributed by atoms with Crippen LogP contribution in [-0.2, 0) is 0 Å². The van der Waals surface area contributed by atoms with Gasteiger partial charge in [-0.2, -0.15) is 5.10 Å². The summed E-state index contributed by atoms with van der Waals surface area (Å²) in [4.78, 5) is 0. The van der Waals surface area contributed by atoms with Gasteiger partial charge in [-0.15, -0.1) is 0 Å². The molecule has 0 amide bonds. The van der Waals surface area contributed by atoms with Crippen LogP contribution in [0.4, 0.5) is 0 Å². The normalized spacial score (nSPS) is 12.1. The lowest BCUT2D eigenvalue weighted by molar-refractivity contribution is 0.320. The van der Waals surface area contributed by atoms with E-state index in [-0.39, 0.29) is 5.11 Å². The van der Waals surface area contributed by atoms with E-state index in [4.69, 9.17) is 15.7 Å². The zero-order valence-electron chi connectivity index (χ0n) is 10.0. The molecule has 18 heavy (non-hydrogen) atoms. The Bertz CT molecular complexity index is 482. The Kier molecular flexibility index (Phi) is 5.06. The summed E-state index contributed by atoms with van der Waals surface area (Å²) < 4.78 is 5.06. The molecule has 1 rings (SSSR count). The largest absolute Gasteiger partial charge is 0.497 e. The summed E-state index contributed by atoms with van der Waals surface area (Å²) in [5.41, 5.74) is 9.28. The highest BCUT2D eigenvalue weighted by molar-refractivity contribution is 7.80.